The maximum atomic E-state index is 12.6. The van der Waals surface area contributed by atoms with Crippen LogP contribution in [0.3, 0.4) is 0 Å². The molecule has 0 saturated carbocycles. The maximum absolute atomic E-state index is 12.6. The molecule has 0 aromatic heterocycles. The summed E-state index contributed by atoms with van der Waals surface area (Å²) >= 11 is 0. The van der Waals surface area contributed by atoms with Crippen LogP contribution in [0.1, 0.15) is 34.0 Å². The second kappa shape index (κ2) is 10.1. The van der Waals surface area contributed by atoms with E-state index in [1.165, 1.54) is 5.56 Å². The number of rotatable bonds is 7. The van der Waals surface area contributed by atoms with Crippen LogP contribution in [0.4, 0.5) is 5.69 Å². The van der Waals surface area contributed by atoms with Crippen molar-refractivity contribution in [1.29, 1.82) is 0 Å². The van der Waals surface area contributed by atoms with Gasteiger partial charge < -0.3 is 15.1 Å². The number of anilines is 1. The minimum absolute atomic E-state index is 0.188. The Labute approximate surface area is 193 Å². The van der Waals surface area contributed by atoms with Crippen LogP contribution in [0.15, 0.2) is 78.9 Å². The number of hydrogen-bond acceptors (Lipinski definition) is 3. The Kier molecular flexibility index (Phi) is 6.83. The third-order valence-electron chi connectivity index (χ3n) is 5.82. The maximum Gasteiger partial charge on any atom is 0.312 e. The third kappa shape index (κ3) is 5.47. The smallest absolute Gasteiger partial charge is 0.312 e. The van der Waals surface area contributed by atoms with E-state index in [4.69, 9.17) is 0 Å². The highest BCUT2D eigenvalue weighted by molar-refractivity contribution is 6.35. The molecular weight excluding hydrogens is 414 g/mol. The van der Waals surface area contributed by atoms with Crippen molar-refractivity contribution in [3.05, 3.63) is 101 Å². The van der Waals surface area contributed by atoms with Gasteiger partial charge in [-0.1, -0.05) is 61.5 Å². The Morgan fingerprint density at radius 1 is 0.727 bits per heavy atom. The Bertz CT molecular complexity index is 1130. The number of nitrogens with zero attached hydrogens (tertiary/aromatic N) is 2. The topological polar surface area (TPSA) is 69.7 Å². The molecule has 4 rings (SSSR count). The van der Waals surface area contributed by atoms with Gasteiger partial charge in [-0.2, -0.15) is 0 Å². The van der Waals surface area contributed by atoms with E-state index < -0.39 is 11.8 Å². The summed E-state index contributed by atoms with van der Waals surface area (Å²) in [5, 5.41) is 2.89. The summed E-state index contributed by atoms with van der Waals surface area (Å²) in [7, 11) is 0. The van der Waals surface area contributed by atoms with Gasteiger partial charge in [0, 0.05) is 37.4 Å². The van der Waals surface area contributed by atoms with Crippen molar-refractivity contribution in [3.63, 3.8) is 0 Å². The summed E-state index contributed by atoms with van der Waals surface area (Å²) in [6.45, 7) is 3.84. The first-order valence-corrected chi connectivity index (χ1v) is 11.1. The molecule has 0 radical (unpaired) electrons. The molecule has 3 aromatic rings. The number of hydrogen-bond donors (Lipinski definition) is 1. The molecule has 0 atom stereocenters. The van der Waals surface area contributed by atoms with Gasteiger partial charge in [0.15, 0.2) is 0 Å². The van der Waals surface area contributed by atoms with Gasteiger partial charge in [0.2, 0.25) is 0 Å². The van der Waals surface area contributed by atoms with E-state index in [-0.39, 0.29) is 5.91 Å². The summed E-state index contributed by atoms with van der Waals surface area (Å²) < 4.78 is 0. The molecule has 1 aliphatic heterocycles. The third-order valence-corrected chi connectivity index (χ3v) is 5.82. The number of nitrogens with one attached hydrogen (secondary N) is 1. The van der Waals surface area contributed by atoms with E-state index in [0.29, 0.717) is 31.7 Å². The van der Waals surface area contributed by atoms with Gasteiger partial charge in [-0.05, 0) is 47.4 Å². The Morgan fingerprint density at radius 3 is 1.79 bits per heavy atom. The normalized spacial score (nSPS) is 13.8. The van der Waals surface area contributed by atoms with Gasteiger partial charge in [0.1, 0.15) is 0 Å². The zero-order chi connectivity index (χ0) is 23.2. The predicted molar refractivity (Wildman–Crippen MR) is 127 cm³/mol. The van der Waals surface area contributed by atoms with Crippen molar-refractivity contribution < 1.29 is 14.4 Å². The van der Waals surface area contributed by atoms with E-state index in [1.807, 2.05) is 66.7 Å². The lowest BCUT2D eigenvalue weighted by molar-refractivity contribution is -0.156. The second-order valence-corrected chi connectivity index (χ2v) is 8.14. The van der Waals surface area contributed by atoms with Crippen LogP contribution in [-0.2, 0) is 29.1 Å². The zero-order valence-corrected chi connectivity index (χ0v) is 18.7. The molecule has 1 fully saturated rings. The van der Waals surface area contributed by atoms with Crippen molar-refractivity contribution in [2.75, 3.05) is 18.4 Å². The lowest BCUT2D eigenvalue weighted by Gasteiger charge is -2.33. The number of benzene rings is 3. The van der Waals surface area contributed by atoms with Crippen molar-refractivity contribution in [3.8, 4) is 0 Å². The summed E-state index contributed by atoms with van der Waals surface area (Å²) in [4.78, 5) is 40.9. The summed E-state index contributed by atoms with van der Waals surface area (Å²) in [6, 6.07) is 24.6. The molecule has 0 unspecified atom stereocenters. The molecule has 1 N–H and O–H groups in total. The van der Waals surface area contributed by atoms with Crippen LogP contribution in [-0.4, -0.2) is 40.6 Å². The first-order valence-electron chi connectivity index (χ1n) is 11.1. The highest BCUT2D eigenvalue weighted by Crippen LogP contribution is 2.16. The zero-order valence-electron chi connectivity index (χ0n) is 18.7. The average Bonchev–Trinajstić information content (AvgIpc) is 2.85. The molecule has 1 heterocycles. The highest BCUT2D eigenvalue weighted by atomic mass is 16.2. The van der Waals surface area contributed by atoms with Crippen molar-refractivity contribution >= 4 is 23.4 Å². The van der Waals surface area contributed by atoms with Crippen molar-refractivity contribution in [2.45, 2.75) is 26.4 Å². The standard InChI is InChI=1S/C27H27N3O3/c1-2-20-10-14-24(15-11-20)28-25(31)23-12-8-22(9-13-23)19-30-17-16-29(26(32)27(30)33)18-21-6-4-3-5-7-21/h3-15H,2,16-19H2,1H3,(H,28,31). The average molecular weight is 442 g/mol. The Morgan fingerprint density at radius 2 is 1.24 bits per heavy atom. The summed E-state index contributed by atoms with van der Waals surface area (Å²) in [5.41, 5.74) is 4.37. The predicted octanol–water partition coefficient (Wildman–Crippen LogP) is 3.87. The van der Waals surface area contributed by atoms with Crippen LogP contribution in [0.2, 0.25) is 0 Å². The molecule has 3 amide bonds. The van der Waals surface area contributed by atoms with Crippen LogP contribution >= 0.6 is 0 Å². The van der Waals surface area contributed by atoms with E-state index in [2.05, 4.69) is 12.2 Å². The SMILES string of the molecule is CCc1ccc(NC(=O)c2ccc(CN3CCN(Cc4ccccc4)C(=O)C3=O)cc2)cc1. The lowest BCUT2D eigenvalue weighted by atomic mass is 10.1. The molecule has 1 aliphatic rings. The molecule has 33 heavy (non-hydrogen) atoms. The Balaban J connectivity index is 1.33. The molecule has 1 saturated heterocycles. The van der Waals surface area contributed by atoms with Crippen LogP contribution in [0.25, 0.3) is 0 Å². The van der Waals surface area contributed by atoms with Crippen LogP contribution < -0.4 is 5.32 Å². The second-order valence-electron chi connectivity index (χ2n) is 8.14. The van der Waals surface area contributed by atoms with Gasteiger partial charge >= 0.3 is 11.8 Å². The van der Waals surface area contributed by atoms with E-state index in [1.54, 1.807) is 21.9 Å². The van der Waals surface area contributed by atoms with E-state index in [0.717, 1.165) is 23.2 Å². The van der Waals surface area contributed by atoms with Gasteiger partial charge in [-0.3, -0.25) is 14.4 Å². The fourth-order valence-corrected chi connectivity index (χ4v) is 3.83. The molecule has 0 spiro atoms. The van der Waals surface area contributed by atoms with E-state index in [9.17, 15) is 14.4 Å². The fraction of sp³-hybridized carbons (Fsp3) is 0.222. The Hall–Kier alpha value is -3.93. The summed E-state index contributed by atoms with van der Waals surface area (Å²) in [5.74, 6) is -1.16. The number of amides is 3. The minimum Gasteiger partial charge on any atom is -0.328 e. The molecule has 0 aliphatic carbocycles. The fourth-order valence-electron chi connectivity index (χ4n) is 3.83. The number of aryl methyl sites for hydroxylation is 1. The van der Waals surface area contributed by atoms with Gasteiger partial charge in [-0.15, -0.1) is 0 Å². The first kappa shape index (κ1) is 22.3. The van der Waals surface area contributed by atoms with Gasteiger partial charge in [-0.25, -0.2) is 0 Å². The highest BCUT2D eigenvalue weighted by Gasteiger charge is 2.32. The molecular formula is C27H27N3O3. The number of piperazine rings is 1. The minimum atomic E-state index is -0.491. The van der Waals surface area contributed by atoms with Gasteiger partial charge in [0.25, 0.3) is 5.91 Å². The number of carbonyl (C=O) groups excluding carboxylic acids is 3. The molecule has 6 nitrogen and oxygen atoms in total. The lowest BCUT2D eigenvalue weighted by Crippen LogP contribution is -2.53. The molecule has 0 bridgehead atoms. The van der Waals surface area contributed by atoms with Crippen LogP contribution in [0.5, 0.6) is 0 Å². The van der Waals surface area contributed by atoms with Gasteiger partial charge in [0.05, 0.1) is 0 Å². The molecule has 168 valence electrons. The molecule has 6 heteroatoms. The first-order chi connectivity index (χ1) is 16.0. The summed E-state index contributed by atoms with van der Waals surface area (Å²) in [6.07, 6.45) is 0.950. The van der Waals surface area contributed by atoms with Crippen molar-refractivity contribution in [2.24, 2.45) is 0 Å². The van der Waals surface area contributed by atoms with Crippen molar-refractivity contribution in [1.82, 2.24) is 9.80 Å². The quantitative estimate of drug-likeness (QED) is 0.566. The largest absolute Gasteiger partial charge is 0.328 e. The number of carbonyl (C=O) groups is 3. The molecule has 3 aromatic carbocycles. The van der Waals surface area contributed by atoms with E-state index >= 15 is 0 Å². The monoisotopic (exact) mass is 441 g/mol. The van der Waals surface area contributed by atoms with Crippen LogP contribution in [0, 0.1) is 0 Å².